The van der Waals surface area contributed by atoms with Gasteiger partial charge in [-0.3, -0.25) is 0 Å². The van der Waals surface area contributed by atoms with Gasteiger partial charge in [0.1, 0.15) is 5.75 Å². The molecule has 20 heavy (non-hydrogen) atoms. The molecule has 1 nitrogen and oxygen atoms in total. The summed E-state index contributed by atoms with van der Waals surface area (Å²) in [6.45, 7) is 6.64. The van der Waals surface area contributed by atoms with E-state index in [4.69, 9.17) is 0 Å². The molecule has 1 heteroatoms. The predicted molar refractivity (Wildman–Crippen MR) is 83.5 cm³/mol. The quantitative estimate of drug-likeness (QED) is 0.796. The Morgan fingerprint density at radius 1 is 1.00 bits per heavy atom. The smallest absolute Gasteiger partial charge is 0.123 e. The van der Waals surface area contributed by atoms with Gasteiger partial charge >= 0.3 is 0 Å². The van der Waals surface area contributed by atoms with Gasteiger partial charge in [-0.05, 0) is 29.4 Å². The Labute approximate surface area is 121 Å². The van der Waals surface area contributed by atoms with Crippen molar-refractivity contribution in [2.24, 2.45) is 0 Å². The lowest BCUT2D eigenvalue weighted by Gasteiger charge is -2.18. The summed E-state index contributed by atoms with van der Waals surface area (Å²) < 4.78 is 0. The van der Waals surface area contributed by atoms with E-state index in [0.29, 0.717) is 17.6 Å². The minimum atomic E-state index is 0.226. The number of phenols is 1. The molecule has 3 unspecified atom stereocenters. The van der Waals surface area contributed by atoms with Crippen LogP contribution in [0.25, 0.3) is 0 Å². The first kappa shape index (κ1) is 13.2. The molecule has 1 aliphatic carbocycles. The second-order valence-corrected chi connectivity index (χ2v) is 6.18. The van der Waals surface area contributed by atoms with E-state index in [2.05, 4.69) is 57.2 Å². The van der Waals surface area contributed by atoms with Gasteiger partial charge in [-0.25, -0.2) is 0 Å². The third kappa shape index (κ3) is 2.02. The van der Waals surface area contributed by atoms with Crippen LogP contribution in [-0.2, 0) is 0 Å². The Balaban J connectivity index is 2.06. The Morgan fingerprint density at radius 3 is 2.40 bits per heavy atom. The summed E-state index contributed by atoms with van der Waals surface area (Å²) in [4.78, 5) is 0. The minimum Gasteiger partial charge on any atom is -0.507 e. The van der Waals surface area contributed by atoms with E-state index < -0.39 is 0 Å². The maximum atomic E-state index is 10.7. The highest BCUT2D eigenvalue weighted by Gasteiger charge is 2.30. The molecule has 0 saturated carbocycles. The van der Waals surface area contributed by atoms with Crippen LogP contribution < -0.4 is 0 Å². The number of rotatable bonds is 2. The molecule has 2 aromatic carbocycles. The summed E-state index contributed by atoms with van der Waals surface area (Å²) in [5.41, 5.74) is 4.81. The van der Waals surface area contributed by atoms with Gasteiger partial charge in [0, 0.05) is 17.0 Å². The van der Waals surface area contributed by atoms with Crippen LogP contribution in [0, 0.1) is 0 Å². The Bertz CT molecular complexity index is 615. The van der Waals surface area contributed by atoms with Gasteiger partial charge in [-0.2, -0.15) is 0 Å². The van der Waals surface area contributed by atoms with Crippen molar-refractivity contribution in [2.45, 2.75) is 44.9 Å². The molecule has 3 rings (SSSR count). The van der Waals surface area contributed by atoms with Crippen molar-refractivity contribution in [3.05, 3.63) is 64.7 Å². The van der Waals surface area contributed by atoms with Crippen LogP contribution in [0.2, 0.25) is 0 Å². The van der Waals surface area contributed by atoms with Gasteiger partial charge in [-0.15, -0.1) is 0 Å². The van der Waals surface area contributed by atoms with Crippen LogP contribution in [0.5, 0.6) is 5.75 Å². The maximum absolute atomic E-state index is 10.7. The molecule has 0 bridgehead atoms. The molecule has 3 atom stereocenters. The molecule has 0 saturated heterocycles. The van der Waals surface area contributed by atoms with Gasteiger partial charge in [0.25, 0.3) is 0 Å². The van der Waals surface area contributed by atoms with Crippen molar-refractivity contribution in [1.82, 2.24) is 0 Å². The van der Waals surface area contributed by atoms with Crippen LogP contribution in [0.15, 0.2) is 42.5 Å². The predicted octanol–water partition coefficient (Wildman–Crippen LogP) is 5.15. The molecule has 0 fully saturated rings. The number of hydrogen-bond acceptors (Lipinski definition) is 1. The zero-order valence-corrected chi connectivity index (χ0v) is 12.4. The van der Waals surface area contributed by atoms with Gasteiger partial charge in [0.15, 0.2) is 0 Å². The third-order valence-corrected chi connectivity index (χ3v) is 4.78. The van der Waals surface area contributed by atoms with Crippen molar-refractivity contribution in [3.63, 3.8) is 0 Å². The van der Waals surface area contributed by atoms with Crippen LogP contribution >= 0.6 is 0 Å². The minimum absolute atomic E-state index is 0.226. The van der Waals surface area contributed by atoms with E-state index in [1.165, 1.54) is 16.7 Å². The average Bonchev–Trinajstić information content (AvgIpc) is 2.75. The monoisotopic (exact) mass is 266 g/mol. The lowest BCUT2D eigenvalue weighted by Crippen LogP contribution is -2.00. The standard InChI is InChI=1S/C19H22O/c1-12-11-13(2)18-16(12)9-10-17(19(18)20)14(3)15-7-5-4-6-8-15/h4-10,12-14,20H,11H2,1-3H3. The van der Waals surface area contributed by atoms with Crippen molar-refractivity contribution in [3.8, 4) is 5.75 Å². The van der Waals surface area contributed by atoms with E-state index in [-0.39, 0.29) is 5.92 Å². The van der Waals surface area contributed by atoms with Gasteiger partial charge in [-0.1, -0.05) is 63.2 Å². The number of hydrogen-bond donors (Lipinski definition) is 1. The molecule has 0 amide bonds. The fourth-order valence-corrected chi connectivity index (χ4v) is 3.63. The molecular weight excluding hydrogens is 244 g/mol. The first-order valence-corrected chi connectivity index (χ1v) is 7.50. The van der Waals surface area contributed by atoms with Crippen LogP contribution in [0.1, 0.15) is 67.2 Å². The normalized spacial score (nSPS) is 22.6. The van der Waals surface area contributed by atoms with E-state index in [9.17, 15) is 5.11 Å². The molecule has 1 N–H and O–H groups in total. The van der Waals surface area contributed by atoms with Crippen LogP contribution in [-0.4, -0.2) is 5.11 Å². The maximum Gasteiger partial charge on any atom is 0.123 e. The van der Waals surface area contributed by atoms with E-state index in [0.717, 1.165) is 12.0 Å². The first-order valence-electron chi connectivity index (χ1n) is 7.50. The fourth-order valence-electron chi connectivity index (χ4n) is 3.63. The SMILES string of the molecule is CC1CC(C)c2c1ccc(C(C)c1ccccc1)c2O. The van der Waals surface area contributed by atoms with E-state index in [1.54, 1.807) is 0 Å². The van der Waals surface area contributed by atoms with Crippen molar-refractivity contribution in [2.75, 3.05) is 0 Å². The summed E-state index contributed by atoms with van der Waals surface area (Å²) >= 11 is 0. The van der Waals surface area contributed by atoms with Crippen molar-refractivity contribution in [1.29, 1.82) is 0 Å². The Morgan fingerprint density at radius 2 is 1.70 bits per heavy atom. The van der Waals surface area contributed by atoms with Crippen molar-refractivity contribution >= 4 is 0 Å². The summed E-state index contributed by atoms with van der Waals surface area (Å²) in [6.07, 6.45) is 1.14. The molecule has 0 aliphatic heterocycles. The molecule has 0 aromatic heterocycles. The van der Waals surface area contributed by atoms with Crippen LogP contribution in [0.3, 0.4) is 0 Å². The zero-order valence-electron chi connectivity index (χ0n) is 12.4. The molecule has 0 radical (unpaired) electrons. The molecule has 2 aromatic rings. The highest BCUT2D eigenvalue weighted by molar-refractivity contribution is 5.54. The first-order chi connectivity index (χ1) is 9.59. The molecule has 0 spiro atoms. The highest BCUT2D eigenvalue weighted by Crippen LogP contribution is 2.48. The van der Waals surface area contributed by atoms with Crippen LogP contribution in [0.4, 0.5) is 0 Å². The average molecular weight is 266 g/mol. The molecule has 1 aliphatic rings. The van der Waals surface area contributed by atoms with E-state index >= 15 is 0 Å². The molecule has 0 heterocycles. The zero-order chi connectivity index (χ0) is 14.3. The van der Waals surface area contributed by atoms with Gasteiger partial charge in [0.05, 0.1) is 0 Å². The Hall–Kier alpha value is -1.76. The summed E-state index contributed by atoms with van der Waals surface area (Å²) in [5, 5.41) is 10.7. The second-order valence-electron chi connectivity index (χ2n) is 6.18. The molecular formula is C19H22O. The fraction of sp³-hybridized carbons (Fsp3) is 0.368. The van der Waals surface area contributed by atoms with E-state index in [1.807, 2.05) is 6.07 Å². The number of phenolic OH excluding ortho intramolecular Hbond substituents is 1. The molecule has 104 valence electrons. The van der Waals surface area contributed by atoms with Gasteiger partial charge < -0.3 is 5.11 Å². The second kappa shape index (κ2) is 4.97. The number of aromatic hydroxyl groups is 1. The lowest BCUT2D eigenvalue weighted by molar-refractivity contribution is 0.455. The van der Waals surface area contributed by atoms with Crippen molar-refractivity contribution < 1.29 is 5.11 Å². The van der Waals surface area contributed by atoms with Gasteiger partial charge in [0.2, 0.25) is 0 Å². The Kier molecular flexibility index (Phi) is 3.29. The third-order valence-electron chi connectivity index (χ3n) is 4.78. The topological polar surface area (TPSA) is 20.2 Å². The number of fused-ring (bicyclic) bond motifs is 1. The summed E-state index contributed by atoms with van der Waals surface area (Å²) in [6, 6.07) is 14.7. The summed E-state index contributed by atoms with van der Waals surface area (Å²) in [5.74, 6) is 1.77. The summed E-state index contributed by atoms with van der Waals surface area (Å²) in [7, 11) is 0. The largest absolute Gasteiger partial charge is 0.507 e. The lowest BCUT2D eigenvalue weighted by atomic mass is 9.88. The number of benzene rings is 2. The highest BCUT2D eigenvalue weighted by atomic mass is 16.3.